The Bertz CT molecular complexity index is 985. The van der Waals surface area contributed by atoms with Crippen LogP contribution in [0.3, 0.4) is 0 Å². The van der Waals surface area contributed by atoms with Crippen LogP contribution in [0.5, 0.6) is 0 Å². The quantitative estimate of drug-likeness (QED) is 0.597. The van der Waals surface area contributed by atoms with Crippen molar-refractivity contribution in [2.45, 2.75) is 13.8 Å². The SMILES string of the molecule is Cc1nc(NC(=O)c2ccc3c(c2)C(=O)c2ccccc2-3)sc1C. The fourth-order valence-electron chi connectivity index (χ4n) is 2.86. The van der Waals surface area contributed by atoms with Crippen LogP contribution < -0.4 is 5.32 Å². The number of nitrogens with zero attached hydrogens (tertiary/aromatic N) is 1. The van der Waals surface area contributed by atoms with Gasteiger partial charge in [0.05, 0.1) is 5.69 Å². The van der Waals surface area contributed by atoms with E-state index >= 15 is 0 Å². The number of ketones is 1. The zero-order chi connectivity index (χ0) is 16.8. The third-order valence-corrected chi connectivity index (χ3v) is 5.23. The molecule has 3 aromatic rings. The van der Waals surface area contributed by atoms with Gasteiger partial charge in [0.1, 0.15) is 0 Å². The van der Waals surface area contributed by atoms with Crippen molar-refractivity contribution in [2.75, 3.05) is 5.32 Å². The summed E-state index contributed by atoms with van der Waals surface area (Å²) in [6.07, 6.45) is 0. The van der Waals surface area contributed by atoms with Gasteiger partial charge < -0.3 is 0 Å². The lowest BCUT2D eigenvalue weighted by molar-refractivity contribution is 0.102. The summed E-state index contributed by atoms with van der Waals surface area (Å²) >= 11 is 1.44. The Labute approximate surface area is 143 Å². The highest BCUT2D eigenvalue weighted by Crippen LogP contribution is 2.36. The lowest BCUT2D eigenvalue weighted by Crippen LogP contribution is -2.12. The maximum Gasteiger partial charge on any atom is 0.257 e. The van der Waals surface area contributed by atoms with Crippen molar-refractivity contribution < 1.29 is 9.59 Å². The number of nitrogens with one attached hydrogen (secondary N) is 1. The number of hydrogen-bond donors (Lipinski definition) is 1. The monoisotopic (exact) mass is 334 g/mol. The molecule has 0 saturated carbocycles. The van der Waals surface area contributed by atoms with Gasteiger partial charge in [0.15, 0.2) is 10.9 Å². The van der Waals surface area contributed by atoms with Crippen LogP contribution in [0.15, 0.2) is 42.5 Å². The first-order valence-corrected chi connectivity index (χ1v) is 8.40. The zero-order valence-corrected chi connectivity index (χ0v) is 14.0. The number of thiazole rings is 1. The largest absolute Gasteiger partial charge is 0.298 e. The molecule has 1 amide bonds. The molecule has 0 fully saturated rings. The van der Waals surface area contributed by atoms with Crippen LogP contribution >= 0.6 is 11.3 Å². The predicted octanol–water partition coefficient (Wildman–Crippen LogP) is 4.22. The van der Waals surface area contributed by atoms with E-state index in [1.807, 2.05) is 44.2 Å². The van der Waals surface area contributed by atoms with Crippen LogP contribution in [0, 0.1) is 13.8 Å². The number of benzene rings is 2. The summed E-state index contributed by atoms with van der Waals surface area (Å²) in [6.45, 7) is 3.88. The number of aromatic nitrogens is 1. The molecule has 0 saturated heterocycles. The summed E-state index contributed by atoms with van der Waals surface area (Å²) in [7, 11) is 0. The average molecular weight is 334 g/mol. The summed E-state index contributed by atoms with van der Waals surface area (Å²) in [5, 5.41) is 3.38. The second kappa shape index (κ2) is 5.39. The van der Waals surface area contributed by atoms with E-state index in [2.05, 4.69) is 10.3 Å². The summed E-state index contributed by atoms with van der Waals surface area (Å²) in [4.78, 5) is 30.4. The Morgan fingerprint density at radius 3 is 2.42 bits per heavy atom. The van der Waals surface area contributed by atoms with Crippen molar-refractivity contribution in [3.63, 3.8) is 0 Å². The zero-order valence-electron chi connectivity index (χ0n) is 13.2. The summed E-state index contributed by atoms with van der Waals surface area (Å²) in [6, 6.07) is 12.8. The van der Waals surface area contributed by atoms with E-state index in [4.69, 9.17) is 0 Å². The standard InChI is InChI=1S/C19H14N2O2S/c1-10-11(2)24-19(20-10)21-18(23)12-7-8-14-13-5-3-4-6-15(13)17(22)16(14)9-12/h3-9H,1-2H3,(H,20,21,23). The van der Waals surface area contributed by atoms with Gasteiger partial charge >= 0.3 is 0 Å². The fourth-order valence-corrected chi connectivity index (χ4v) is 3.67. The van der Waals surface area contributed by atoms with E-state index in [0.717, 1.165) is 21.7 Å². The molecule has 4 nitrogen and oxygen atoms in total. The van der Waals surface area contributed by atoms with E-state index in [-0.39, 0.29) is 11.7 Å². The van der Waals surface area contributed by atoms with Gasteiger partial charge in [-0.2, -0.15) is 0 Å². The first-order valence-electron chi connectivity index (χ1n) is 7.58. The molecule has 1 aliphatic carbocycles. The number of aryl methyl sites for hydroxylation is 2. The normalized spacial score (nSPS) is 12.0. The maximum absolute atomic E-state index is 12.5. The molecule has 0 radical (unpaired) electrons. The topological polar surface area (TPSA) is 59.1 Å². The van der Waals surface area contributed by atoms with Gasteiger partial charge in [-0.25, -0.2) is 4.98 Å². The Morgan fingerprint density at radius 1 is 1.00 bits per heavy atom. The minimum atomic E-state index is -0.254. The van der Waals surface area contributed by atoms with Crippen molar-refractivity contribution in [3.05, 3.63) is 69.7 Å². The van der Waals surface area contributed by atoms with Gasteiger partial charge in [0.25, 0.3) is 5.91 Å². The summed E-state index contributed by atoms with van der Waals surface area (Å²) in [5.41, 5.74) is 4.45. The number of anilines is 1. The second-order valence-electron chi connectivity index (χ2n) is 5.75. The van der Waals surface area contributed by atoms with E-state index in [9.17, 15) is 9.59 Å². The Balaban J connectivity index is 1.67. The predicted molar refractivity (Wildman–Crippen MR) is 94.9 cm³/mol. The molecule has 5 heteroatoms. The Hall–Kier alpha value is -2.79. The highest BCUT2D eigenvalue weighted by molar-refractivity contribution is 7.15. The third kappa shape index (κ3) is 2.25. The van der Waals surface area contributed by atoms with Crippen molar-refractivity contribution in [1.29, 1.82) is 0 Å². The van der Waals surface area contributed by atoms with Crippen LogP contribution in [0.4, 0.5) is 5.13 Å². The lowest BCUT2D eigenvalue weighted by Gasteiger charge is -2.04. The molecular weight excluding hydrogens is 320 g/mol. The second-order valence-corrected chi connectivity index (χ2v) is 6.95. The van der Waals surface area contributed by atoms with E-state index in [0.29, 0.717) is 21.8 Å². The molecule has 0 spiro atoms. The van der Waals surface area contributed by atoms with Crippen LogP contribution in [0.2, 0.25) is 0 Å². The third-order valence-electron chi connectivity index (χ3n) is 4.24. The van der Waals surface area contributed by atoms with Crippen LogP contribution in [0.1, 0.15) is 36.9 Å². The van der Waals surface area contributed by atoms with E-state index in [1.54, 1.807) is 12.1 Å². The van der Waals surface area contributed by atoms with Crippen LogP contribution in [-0.4, -0.2) is 16.7 Å². The minimum Gasteiger partial charge on any atom is -0.298 e. The molecule has 2 aromatic carbocycles. The van der Waals surface area contributed by atoms with Gasteiger partial charge in [0.2, 0.25) is 0 Å². The molecule has 1 heterocycles. The van der Waals surface area contributed by atoms with Crippen molar-refractivity contribution in [3.8, 4) is 11.1 Å². The lowest BCUT2D eigenvalue weighted by atomic mass is 10.0. The summed E-state index contributed by atoms with van der Waals surface area (Å²) in [5.74, 6) is -0.286. The van der Waals surface area contributed by atoms with Crippen LogP contribution in [0.25, 0.3) is 11.1 Å². The minimum absolute atomic E-state index is 0.0313. The number of rotatable bonds is 2. The molecule has 0 bridgehead atoms. The van der Waals surface area contributed by atoms with Gasteiger partial charge in [-0.3, -0.25) is 14.9 Å². The molecule has 1 aliphatic rings. The molecule has 1 N–H and O–H groups in total. The van der Waals surface area contributed by atoms with Gasteiger partial charge in [-0.15, -0.1) is 11.3 Å². The molecule has 0 aliphatic heterocycles. The molecule has 118 valence electrons. The molecular formula is C19H14N2O2S. The average Bonchev–Trinajstić information content (AvgIpc) is 3.05. The smallest absolute Gasteiger partial charge is 0.257 e. The van der Waals surface area contributed by atoms with Crippen molar-refractivity contribution in [1.82, 2.24) is 4.98 Å². The number of amides is 1. The number of carbonyl (C=O) groups is 2. The Morgan fingerprint density at radius 2 is 1.71 bits per heavy atom. The molecule has 24 heavy (non-hydrogen) atoms. The maximum atomic E-state index is 12.5. The molecule has 0 atom stereocenters. The highest BCUT2D eigenvalue weighted by atomic mass is 32.1. The highest BCUT2D eigenvalue weighted by Gasteiger charge is 2.27. The Kier molecular flexibility index (Phi) is 3.32. The first kappa shape index (κ1) is 14.8. The van der Waals surface area contributed by atoms with Crippen molar-refractivity contribution >= 4 is 28.2 Å². The molecule has 4 rings (SSSR count). The molecule has 1 aromatic heterocycles. The van der Waals surface area contributed by atoms with Gasteiger partial charge in [-0.05, 0) is 37.1 Å². The van der Waals surface area contributed by atoms with Gasteiger partial charge in [-0.1, -0.05) is 30.3 Å². The number of carbonyl (C=O) groups excluding carboxylic acids is 2. The number of fused-ring (bicyclic) bond motifs is 3. The molecule has 0 unspecified atom stereocenters. The fraction of sp³-hybridized carbons (Fsp3) is 0.105. The van der Waals surface area contributed by atoms with E-state index < -0.39 is 0 Å². The first-order chi connectivity index (χ1) is 11.5. The van der Waals surface area contributed by atoms with Crippen molar-refractivity contribution in [2.24, 2.45) is 0 Å². The van der Waals surface area contributed by atoms with Gasteiger partial charge in [0, 0.05) is 21.6 Å². The summed E-state index contributed by atoms with van der Waals surface area (Å²) < 4.78 is 0. The number of hydrogen-bond acceptors (Lipinski definition) is 4. The van der Waals surface area contributed by atoms with Crippen LogP contribution in [-0.2, 0) is 0 Å². The van der Waals surface area contributed by atoms with E-state index in [1.165, 1.54) is 11.3 Å².